The van der Waals surface area contributed by atoms with E-state index in [4.69, 9.17) is 0 Å². The van der Waals surface area contributed by atoms with Gasteiger partial charge in [0.1, 0.15) is 0 Å². The molecule has 0 aliphatic rings. The summed E-state index contributed by atoms with van der Waals surface area (Å²) in [7, 11) is 0. The topological polar surface area (TPSA) is 52.0 Å². The third kappa shape index (κ3) is 10.7. The van der Waals surface area contributed by atoms with Gasteiger partial charge in [-0.15, -0.1) is 0 Å². The number of hydrogen-bond donors (Lipinski definition) is 2. The van der Waals surface area contributed by atoms with E-state index in [1.807, 2.05) is 0 Å². The minimum absolute atomic E-state index is 0. The van der Waals surface area contributed by atoms with Crippen molar-refractivity contribution >= 4 is 0 Å². The van der Waals surface area contributed by atoms with Crippen LogP contribution in [-0.2, 0) is 0 Å². The molecule has 0 aromatic carbocycles. The average molecular weight is 90.5 g/mol. The summed E-state index contributed by atoms with van der Waals surface area (Å²) in [5, 5.41) is 0. The predicted octanol–water partition coefficient (Wildman–Crippen LogP) is -7.17. The van der Waals surface area contributed by atoms with Gasteiger partial charge < -0.3 is 12.4 Å². The summed E-state index contributed by atoms with van der Waals surface area (Å²) in [4.78, 5) is 0. The van der Waals surface area contributed by atoms with Gasteiger partial charge in [0.05, 0.1) is 0 Å². The minimum atomic E-state index is 0. The maximum atomic E-state index is 4.00. The van der Waals surface area contributed by atoms with E-state index >= 15 is 0 Å². The molecule has 0 radical (unpaired) electrons. The molecule has 4 heavy (non-hydrogen) atoms. The van der Waals surface area contributed by atoms with Crippen LogP contribution >= 0.6 is 0 Å². The van der Waals surface area contributed by atoms with E-state index in [-0.39, 0.29) is 42.0 Å². The zero-order valence-electron chi connectivity index (χ0n) is 2.53. The largest absolute Gasteiger partial charge is 1.00 e. The fraction of sp³-hybridized carbons (Fsp3) is 0. The number of nitrogens with two attached hydrogens (primary N) is 2. The normalized spacial score (nSPS) is 1.50. The maximum Gasteiger partial charge on any atom is 1.00 e. The van der Waals surface area contributed by atoms with E-state index < -0.39 is 0 Å². The first kappa shape index (κ1) is 18.9. The Hall–Kier alpha value is 1.21. The van der Waals surface area contributed by atoms with E-state index in [1.165, 1.54) is 0 Å². The van der Waals surface area contributed by atoms with Crippen LogP contribution < -0.4 is 53.6 Å². The molecule has 4 N–H and O–H groups in total. The fourth-order valence-electron chi connectivity index (χ4n) is 0. The first-order valence-corrected chi connectivity index (χ1v) is 0.333. The molecule has 0 rings (SSSR count). The molecule has 0 saturated carbocycles. The fourth-order valence-corrected chi connectivity index (χ4v) is 0. The Morgan fingerprint density at radius 1 is 1.00 bits per heavy atom. The van der Waals surface area contributed by atoms with Crippen LogP contribution in [0.3, 0.4) is 0 Å². The molecule has 0 atom stereocenters. The van der Waals surface area contributed by atoms with Crippen LogP contribution in [-0.4, -0.2) is 0 Å². The van der Waals surface area contributed by atoms with Gasteiger partial charge in [-0.05, 0) is 0 Å². The Kier molecular flexibility index (Phi) is 140. The average Bonchev–Trinajstić information content (AvgIpc) is 1.00. The zero-order valence-corrected chi connectivity index (χ0v) is 5.29. The van der Waals surface area contributed by atoms with Crippen molar-refractivity contribution in [1.82, 2.24) is 0 Å². The first-order chi connectivity index (χ1) is 1.00. The number of hydrogen-bond acceptors (Lipinski definition) is 2. The van der Waals surface area contributed by atoms with Crippen LogP contribution in [0.25, 0.3) is 0 Å². The molecule has 0 unspecified atom stereocenters. The third-order valence-corrected chi connectivity index (χ3v) is 0. The van der Waals surface area contributed by atoms with Crippen LogP contribution in [0.5, 0.6) is 0 Å². The smallest absolute Gasteiger partial charge is 1.00 e. The van der Waals surface area contributed by atoms with Crippen molar-refractivity contribution in [2.75, 3.05) is 0 Å². The van der Waals surface area contributed by atoms with Gasteiger partial charge in [0.2, 0.25) is 0 Å². The van der Waals surface area contributed by atoms with Gasteiger partial charge in [-0.3, -0.25) is 11.7 Å². The van der Waals surface area contributed by atoms with Crippen molar-refractivity contribution in [3.8, 4) is 0 Å². The van der Waals surface area contributed by atoms with E-state index in [2.05, 4.69) is 11.7 Å². The van der Waals surface area contributed by atoms with Crippen LogP contribution in [0, 0.1) is 0 Å². The van der Waals surface area contributed by atoms with Gasteiger partial charge in [0.15, 0.2) is 0 Å². The van der Waals surface area contributed by atoms with Crippen molar-refractivity contribution in [2.24, 2.45) is 11.7 Å². The van der Waals surface area contributed by atoms with Crippen LogP contribution in [0.15, 0.2) is 0 Å². The molecule has 0 aromatic heterocycles. The monoisotopic (exact) mass is 90.0 g/mol. The summed E-state index contributed by atoms with van der Waals surface area (Å²) < 4.78 is 0. The van der Waals surface area contributed by atoms with E-state index in [9.17, 15) is 0 Å². The Labute approximate surface area is 53.6 Å². The molecule has 0 fully saturated rings. The Morgan fingerprint density at radius 2 is 1.00 bits per heavy atom. The molecule has 0 aromatic rings. The van der Waals surface area contributed by atoms with Gasteiger partial charge >= 0.3 is 29.6 Å². The van der Waals surface area contributed by atoms with Crippen molar-refractivity contribution in [3.05, 3.63) is 0 Å². The molecule has 0 aliphatic heterocycles. The second kappa shape index (κ2) is 29.6. The van der Waals surface area contributed by atoms with Gasteiger partial charge in [-0.2, -0.15) is 0 Å². The third-order valence-electron chi connectivity index (χ3n) is 0. The number of hydrazine groups is 1. The molecule has 0 amide bonds. The standard InChI is InChI=1S/ClH.H4N2.Na/c;1-2;/h1H;1-2H2;/q;;+1/p-1. The Morgan fingerprint density at radius 3 is 1.00 bits per heavy atom. The quantitative estimate of drug-likeness (QED) is 0.176. The molecular formula is H4ClN2Na. The van der Waals surface area contributed by atoms with Gasteiger partial charge in [-0.25, -0.2) is 0 Å². The molecule has 4 heteroatoms. The van der Waals surface area contributed by atoms with E-state index in [1.54, 1.807) is 0 Å². The summed E-state index contributed by atoms with van der Waals surface area (Å²) in [6.45, 7) is 0. The molecule has 0 saturated heterocycles. The van der Waals surface area contributed by atoms with Gasteiger partial charge in [0.25, 0.3) is 0 Å². The molecule has 0 spiro atoms. The van der Waals surface area contributed by atoms with Crippen LogP contribution in [0.2, 0.25) is 0 Å². The molecule has 22 valence electrons. The van der Waals surface area contributed by atoms with E-state index in [0.29, 0.717) is 0 Å². The van der Waals surface area contributed by atoms with E-state index in [0.717, 1.165) is 0 Å². The van der Waals surface area contributed by atoms with Crippen molar-refractivity contribution in [3.63, 3.8) is 0 Å². The zero-order chi connectivity index (χ0) is 2.00. The summed E-state index contributed by atoms with van der Waals surface area (Å²) in [6.07, 6.45) is 0. The number of rotatable bonds is 0. The molecular weight excluding hydrogens is 86.5 g/mol. The summed E-state index contributed by atoms with van der Waals surface area (Å²) in [6, 6.07) is 0. The Balaban J connectivity index is -0.00000000500. The van der Waals surface area contributed by atoms with Crippen molar-refractivity contribution in [1.29, 1.82) is 0 Å². The summed E-state index contributed by atoms with van der Waals surface area (Å²) >= 11 is 0. The first-order valence-electron chi connectivity index (χ1n) is 0.333. The molecule has 2 nitrogen and oxygen atoms in total. The second-order valence-corrected chi connectivity index (χ2v) is 0. The predicted molar refractivity (Wildman–Crippen MR) is 8.37 cm³/mol. The molecule has 0 bridgehead atoms. The van der Waals surface area contributed by atoms with Gasteiger partial charge in [-0.1, -0.05) is 0 Å². The minimum Gasteiger partial charge on any atom is -1.00 e. The van der Waals surface area contributed by atoms with Crippen LogP contribution in [0.1, 0.15) is 0 Å². The number of halogens is 1. The van der Waals surface area contributed by atoms with Crippen LogP contribution in [0.4, 0.5) is 0 Å². The Bertz CT molecular complexity index is 6.00. The summed E-state index contributed by atoms with van der Waals surface area (Å²) in [5.74, 6) is 8.00. The van der Waals surface area contributed by atoms with Crippen molar-refractivity contribution < 1.29 is 42.0 Å². The van der Waals surface area contributed by atoms with Gasteiger partial charge in [0, 0.05) is 0 Å². The maximum absolute atomic E-state index is 4.00. The van der Waals surface area contributed by atoms with Crippen molar-refractivity contribution in [2.45, 2.75) is 0 Å². The SMILES string of the molecule is NN.[Cl-].[Na+]. The molecule has 0 heterocycles. The summed E-state index contributed by atoms with van der Waals surface area (Å²) in [5.41, 5.74) is 0. The second-order valence-electron chi connectivity index (χ2n) is 0. The molecule has 0 aliphatic carbocycles.